The van der Waals surface area contributed by atoms with E-state index in [1.54, 1.807) is 0 Å². The third kappa shape index (κ3) is 6.92. The first-order valence-electron chi connectivity index (χ1n) is 11.3. The number of hydrogen-bond donors (Lipinski definition) is 1. The fraction of sp³-hybridized carbons (Fsp3) is 0.259. The number of carbonyl (C=O) groups is 2. The lowest BCUT2D eigenvalue weighted by Gasteiger charge is -2.34. The molecule has 34 heavy (non-hydrogen) atoms. The Bertz CT molecular complexity index is 1080. The lowest BCUT2D eigenvalue weighted by atomic mass is 10.1. The van der Waals surface area contributed by atoms with Gasteiger partial charge in [-0.15, -0.1) is 11.8 Å². The molecule has 3 aromatic rings. The Morgan fingerprint density at radius 3 is 2.18 bits per heavy atom. The molecule has 2 amide bonds. The van der Waals surface area contributed by atoms with Crippen LogP contribution in [-0.4, -0.2) is 53.5 Å². The summed E-state index contributed by atoms with van der Waals surface area (Å²) in [6.45, 7) is 4.11. The average molecular weight is 478 g/mol. The maximum atomic E-state index is 12.9. The quantitative estimate of drug-likeness (QED) is 0.513. The van der Waals surface area contributed by atoms with Crippen LogP contribution >= 0.6 is 11.8 Å². The molecule has 176 valence electrons. The summed E-state index contributed by atoms with van der Waals surface area (Å²) in [7, 11) is 0. The molecule has 0 atom stereocenters. The third-order valence-corrected chi connectivity index (χ3v) is 6.74. The van der Waals surface area contributed by atoms with Crippen LogP contribution in [0.25, 0.3) is 0 Å². The van der Waals surface area contributed by atoms with Crippen molar-refractivity contribution in [1.29, 1.82) is 0 Å². The Morgan fingerprint density at radius 1 is 0.824 bits per heavy atom. The molecule has 1 N–H and O–H groups in total. The molecule has 1 aliphatic heterocycles. The van der Waals surface area contributed by atoms with E-state index in [0.717, 1.165) is 38.3 Å². The number of hydrogen-bond acceptors (Lipinski definition) is 4. The van der Waals surface area contributed by atoms with Crippen LogP contribution in [0.2, 0.25) is 0 Å². The summed E-state index contributed by atoms with van der Waals surface area (Å²) in [6.07, 6.45) is 0. The van der Waals surface area contributed by atoms with Crippen LogP contribution in [0, 0.1) is 5.82 Å². The van der Waals surface area contributed by atoms with E-state index in [4.69, 9.17) is 0 Å². The van der Waals surface area contributed by atoms with Gasteiger partial charge in [0.15, 0.2) is 0 Å². The number of amides is 2. The highest BCUT2D eigenvalue weighted by atomic mass is 32.2. The summed E-state index contributed by atoms with van der Waals surface area (Å²) in [5.74, 6) is 0.570. The van der Waals surface area contributed by atoms with E-state index in [1.165, 1.54) is 41.6 Å². The Kier molecular flexibility index (Phi) is 8.33. The maximum absolute atomic E-state index is 12.9. The largest absolute Gasteiger partial charge is 0.336 e. The molecule has 7 heteroatoms. The molecule has 0 spiro atoms. The zero-order valence-corrected chi connectivity index (χ0v) is 19.8. The molecular weight excluding hydrogens is 449 g/mol. The Balaban J connectivity index is 1.19. The molecule has 1 saturated heterocycles. The first-order valence-corrected chi connectivity index (χ1v) is 12.5. The van der Waals surface area contributed by atoms with E-state index in [0.29, 0.717) is 22.8 Å². The number of piperazine rings is 1. The van der Waals surface area contributed by atoms with E-state index < -0.39 is 0 Å². The van der Waals surface area contributed by atoms with Gasteiger partial charge >= 0.3 is 0 Å². The smallest absolute Gasteiger partial charge is 0.253 e. The van der Waals surface area contributed by atoms with Crippen LogP contribution in [0.3, 0.4) is 0 Å². The fourth-order valence-electron chi connectivity index (χ4n) is 3.87. The number of thioether (sulfide) groups is 1. The SMILES string of the molecule is O=C(CSCc1ccc(C(=O)N2CCN(Cc3ccccc3)CC2)cc1)Nc1ccc(F)cc1. The van der Waals surface area contributed by atoms with E-state index in [9.17, 15) is 14.0 Å². The lowest BCUT2D eigenvalue weighted by molar-refractivity contribution is -0.113. The molecule has 0 radical (unpaired) electrons. The van der Waals surface area contributed by atoms with Gasteiger partial charge in [-0.1, -0.05) is 42.5 Å². The summed E-state index contributed by atoms with van der Waals surface area (Å²) < 4.78 is 12.9. The zero-order chi connectivity index (χ0) is 23.8. The topological polar surface area (TPSA) is 52.7 Å². The minimum absolute atomic E-state index is 0.0669. The van der Waals surface area contributed by atoms with Crippen molar-refractivity contribution in [1.82, 2.24) is 9.80 Å². The van der Waals surface area contributed by atoms with Gasteiger partial charge in [0.25, 0.3) is 5.91 Å². The minimum atomic E-state index is -0.334. The Labute approximate surface area is 204 Å². The summed E-state index contributed by atoms with van der Waals surface area (Å²) in [5, 5.41) is 2.75. The second-order valence-electron chi connectivity index (χ2n) is 8.30. The van der Waals surface area contributed by atoms with Crippen LogP contribution in [0.15, 0.2) is 78.9 Å². The minimum Gasteiger partial charge on any atom is -0.336 e. The molecular formula is C27H28FN3O2S. The highest BCUT2D eigenvalue weighted by Gasteiger charge is 2.22. The van der Waals surface area contributed by atoms with Crippen molar-refractivity contribution >= 4 is 29.3 Å². The summed E-state index contributed by atoms with van der Waals surface area (Å²) in [5.41, 5.74) is 3.63. The van der Waals surface area contributed by atoms with Crippen molar-refractivity contribution in [2.24, 2.45) is 0 Å². The van der Waals surface area contributed by atoms with Gasteiger partial charge in [0.05, 0.1) is 5.75 Å². The Hall–Kier alpha value is -3.16. The number of carbonyl (C=O) groups excluding carboxylic acids is 2. The van der Waals surface area contributed by atoms with Gasteiger partial charge in [-0.3, -0.25) is 14.5 Å². The molecule has 0 saturated carbocycles. The van der Waals surface area contributed by atoms with E-state index >= 15 is 0 Å². The third-order valence-electron chi connectivity index (χ3n) is 5.74. The van der Waals surface area contributed by atoms with Gasteiger partial charge in [-0.05, 0) is 47.5 Å². The standard InChI is InChI=1S/C27H28FN3O2S/c28-24-10-12-25(13-11-24)29-26(32)20-34-19-22-6-8-23(9-7-22)27(33)31-16-14-30(15-17-31)18-21-4-2-1-3-5-21/h1-13H,14-20H2,(H,29,32). The normalized spacial score (nSPS) is 14.1. The van der Waals surface area contributed by atoms with E-state index in [-0.39, 0.29) is 17.6 Å². The average Bonchev–Trinajstić information content (AvgIpc) is 2.87. The van der Waals surface area contributed by atoms with E-state index in [2.05, 4.69) is 34.5 Å². The van der Waals surface area contributed by atoms with Gasteiger partial charge < -0.3 is 10.2 Å². The van der Waals surface area contributed by atoms with Gasteiger partial charge in [0.1, 0.15) is 5.82 Å². The van der Waals surface area contributed by atoms with Crippen LogP contribution < -0.4 is 5.32 Å². The van der Waals surface area contributed by atoms with Crippen LogP contribution in [0.4, 0.5) is 10.1 Å². The number of nitrogens with one attached hydrogen (secondary N) is 1. The van der Waals surface area contributed by atoms with E-state index in [1.807, 2.05) is 35.2 Å². The molecule has 0 unspecified atom stereocenters. The molecule has 1 fully saturated rings. The summed E-state index contributed by atoms with van der Waals surface area (Å²) in [4.78, 5) is 29.3. The zero-order valence-electron chi connectivity index (χ0n) is 19.0. The van der Waals surface area contributed by atoms with Crippen molar-refractivity contribution in [3.63, 3.8) is 0 Å². The molecule has 0 aromatic heterocycles. The lowest BCUT2D eigenvalue weighted by Crippen LogP contribution is -2.48. The van der Waals surface area contributed by atoms with Gasteiger partial charge in [0, 0.05) is 49.7 Å². The summed E-state index contributed by atoms with van der Waals surface area (Å²) in [6, 6.07) is 23.7. The van der Waals surface area contributed by atoms with Crippen molar-refractivity contribution in [2.45, 2.75) is 12.3 Å². The van der Waals surface area contributed by atoms with Crippen molar-refractivity contribution in [3.8, 4) is 0 Å². The first kappa shape index (κ1) is 24.0. The van der Waals surface area contributed by atoms with Crippen LogP contribution in [-0.2, 0) is 17.1 Å². The monoisotopic (exact) mass is 477 g/mol. The fourth-order valence-corrected chi connectivity index (χ4v) is 4.66. The molecule has 1 aliphatic rings. The van der Waals surface area contributed by atoms with Gasteiger partial charge in [-0.25, -0.2) is 4.39 Å². The molecule has 0 aliphatic carbocycles. The molecule has 0 bridgehead atoms. The summed E-state index contributed by atoms with van der Waals surface area (Å²) >= 11 is 1.49. The maximum Gasteiger partial charge on any atom is 0.253 e. The molecule has 3 aromatic carbocycles. The predicted octanol–water partition coefficient (Wildman–Crippen LogP) is 4.66. The highest BCUT2D eigenvalue weighted by Crippen LogP contribution is 2.17. The number of rotatable bonds is 8. The Morgan fingerprint density at radius 2 is 1.50 bits per heavy atom. The van der Waals surface area contributed by atoms with Crippen molar-refractivity contribution in [2.75, 3.05) is 37.2 Å². The van der Waals surface area contributed by atoms with Gasteiger partial charge in [0.2, 0.25) is 5.91 Å². The molecule has 4 rings (SSSR count). The second kappa shape index (κ2) is 11.8. The second-order valence-corrected chi connectivity index (χ2v) is 9.28. The predicted molar refractivity (Wildman–Crippen MR) is 135 cm³/mol. The van der Waals surface area contributed by atoms with Crippen LogP contribution in [0.5, 0.6) is 0 Å². The number of benzene rings is 3. The molecule has 5 nitrogen and oxygen atoms in total. The number of halogens is 1. The van der Waals surface area contributed by atoms with Crippen molar-refractivity contribution < 1.29 is 14.0 Å². The van der Waals surface area contributed by atoms with Crippen LogP contribution in [0.1, 0.15) is 21.5 Å². The number of nitrogens with zero attached hydrogens (tertiary/aromatic N) is 2. The van der Waals surface area contributed by atoms with Gasteiger partial charge in [-0.2, -0.15) is 0 Å². The molecule has 1 heterocycles. The van der Waals surface area contributed by atoms with Crippen molar-refractivity contribution in [3.05, 3.63) is 101 Å². The first-order chi connectivity index (χ1) is 16.6. The highest BCUT2D eigenvalue weighted by molar-refractivity contribution is 7.99. The number of anilines is 1.